The first-order valence-corrected chi connectivity index (χ1v) is 11.1. The van der Waals surface area contributed by atoms with Crippen molar-refractivity contribution < 1.29 is 4.74 Å². The molecule has 164 valence electrons. The van der Waals surface area contributed by atoms with E-state index >= 15 is 0 Å². The summed E-state index contributed by atoms with van der Waals surface area (Å²) in [5.41, 5.74) is 11.4. The molecule has 0 spiro atoms. The van der Waals surface area contributed by atoms with E-state index in [0.717, 1.165) is 73.8 Å². The van der Waals surface area contributed by atoms with E-state index in [1.54, 1.807) is 0 Å². The lowest BCUT2D eigenvalue weighted by atomic mass is 9.98. The number of hydrogen-bond donors (Lipinski definition) is 3. The molecule has 0 bridgehead atoms. The zero-order valence-corrected chi connectivity index (χ0v) is 18.1. The third-order valence-electron chi connectivity index (χ3n) is 5.93. The summed E-state index contributed by atoms with van der Waals surface area (Å²) in [6, 6.07) is 16.9. The molecule has 1 fully saturated rings. The largest absolute Gasteiger partial charge is 0.379 e. The van der Waals surface area contributed by atoms with Crippen LogP contribution in [0.15, 0.2) is 60.9 Å². The van der Waals surface area contributed by atoms with E-state index in [2.05, 4.69) is 73.7 Å². The number of aromatic amines is 1. The zero-order chi connectivity index (χ0) is 21.8. The van der Waals surface area contributed by atoms with Crippen molar-refractivity contribution in [3.63, 3.8) is 0 Å². The van der Waals surface area contributed by atoms with E-state index in [1.807, 2.05) is 12.4 Å². The predicted molar refractivity (Wildman–Crippen MR) is 130 cm³/mol. The highest BCUT2D eigenvalue weighted by Crippen LogP contribution is 2.33. The molecule has 1 aliphatic heterocycles. The summed E-state index contributed by atoms with van der Waals surface area (Å²) in [5.74, 6) is 1.05. The minimum atomic E-state index is 0.276. The molecule has 2 aromatic heterocycles. The lowest BCUT2D eigenvalue weighted by Crippen LogP contribution is -2.37. The average molecular weight is 429 g/mol. The fourth-order valence-electron chi connectivity index (χ4n) is 4.27. The summed E-state index contributed by atoms with van der Waals surface area (Å²) in [4.78, 5) is 14.5. The molecule has 0 amide bonds. The minimum Gasteiger partial charge on any atom is -0.379 e. The Morgan fingerprint density at radius 3 is 2.72 bits per heavy atom. The van der Waals surface area contributed by atoms with Crippen LogP contribution in [0.2, 0.25) is 0 Å². The molecule has 7 heteroatoms. The van der Waals surface area contributed by atoms with Gasteiger partial charge in [-0.3, -0.25) is 4.90 Å². The predicted octanol–water partition coefficient (Wildman–Crippen LogP) is 4.01. The minimum absolute atomic E-state index is 0.276. The van der Waals surface area contributed by atoms with Crippen LogP contribution in [-0.4, -0.2) is 59.2 Å². The number of nitrogens with one attached hydrogen (secondary N) is 2. The number of nitrogens with zero attached hydrogens (tertiary/aromatic N) is 3. The number of morpholine rings is 1. The molecular weight excluding hydrogens is 400 g/mol. The molecule has 1 saturated heterocycles. The Hall–Kier alpha value is -3.42. The lowest BCUT2D eigenvalue weighted by molar-refractivity contribution is 0.0378. The van der Waals surface area contributed by atoms with Crippen LogP contribution in [0.4, 0.5) is 11.8 Å². The third-order valence-corrected chi connectivity index (χ3v) is 5.93. The van der Waals surface area contributed by atoms with Crippen molar-refractivity contribution in [2.24, 2.45) is 0 Å². The summed E-state index contributed by atoms with van der Waals surface area (Å²) in [7, 11) is 0. The van der Waals surface area contributed by atoms with Crippen LogP contribution >= 0.6 is 0 Å². The van der Waals surface area contributed by atoms with Gasteiger partial charge in [0.25, 0.3) is 0 Å². The second kappa shape index (κ2) is 9.38. The van der Waals surface area contributed by atoms with Crippen molar-refractivity contribution in [3.8, 4) is 22.3 Å². The van der Waals surface area contributed by atoms with Crippen LogP contribution in [0, 0.1) is 0 Å². The summed E-state index contributed by atoms with van der Waals surface area (Å²) >= 11 is 0. The highest BCUT2D eigenvalue weighted by molar-refractivity contribution is 5.96. The first kappa shape index (κ1) is 20.5. The van der Waals surface area contributed by atoms with E-state index in [1.165, 1.54) is 10.9 Å². The van der Waals surface area contributed by atoms with Crippen molar-refractivity contribution in [3.05, 3.63) is 60.9 Å². The quantitative estimate of drug-likeness (QED) is 0.385. The number of nitrogen functional groups attached to an aromatic ring is 1. The van der Waals surface area contributed by atoms with Gasteiger partial charge in [-0.05, 0) is 47.9 Å². The van der Waals surface area contributed by atoms with Crippen molar-refractivity contribution >= 4 is 22.7 Å². The first-order chi connectivity index (χ1) is 15.8. The Morgan fingerprint density at radius 2 is 1.84 bits per heavy atom. The van der Waals surface area contributed by atoms with Gasteiger partial charge in [0.2, 0.25) is 5.95 Å². The molecular formula is C25H28N6O. The van der Waals surface area contributed by atoms with Gasteiger partial charge in [0.1, 0.15) is 5.82 Å². The van der Waals surface area contributed by atoms with Crippen LogP contribution in [0.3, 0.4) is 0 Å². The molecule has 32 heavy (non-hydrogen) atoms. The molecule has 5 rings (SSSR count). The molecule has 3 heterocycles. The SMILES string of the molecule is Nc1ncc(-c2cccc(-c3cccc4[nH]ccc34)c2)c(NCCCN2CCOCC2)n1. The maximum atomic E-state index is 5.91. The number of anilines is 2. The Kier molecular flexibility index (Phi) is 6.00. The maximum Gasteiger partial charge on any atom is 0.221 e. The molecule has 0 saturated carbocycles. The number of fused-ring (bicyclic) bond motifs is 1. The number of aromatic nitrogens is 3. The van der Waals surface area contributed by atoms with Crippen LogP contribution in [0.5, 0.6) is 0 Å². The molecule has 2 aromatic carbocycles. The van der Waals surface area contributed by atoms with E-state index in [9.17, 15) is 0 Å². The number of hydrogen-bond acceptors (Lipinski definition) is 6. The lowest BCUT2D eigenvalue weighted by Gasteiger charge is -2.26. The Bertz CT molecular complexity index is 1200. The molecule has 0 atom stereocenters. The highest BCUT2D eigenvalue weighted by atomic mass is 16.5. The Labute approximate surface area is 187 Å². The van der Waals surface area contributed by atoms with Gasteiger partial charge < -0.3 is 20.8 Å². The van der Waals surface area contributed by atoms with Crippen molar-refractivity contribution in [1.82, 2.24) is 19.9 Å². The molecule has 7 nitrogen and oxygen atoms in total. The number of benzene rings is 2. The molecule has 0 radical (unpaired) electrons. The van der Waals surface area contributed by atoms with E-state index in [-0.39, 0.29) is 5.95 Å². The zero-order valence-electron chi connectivity index (χ0n) is 18.1. The summed E-state index contributed by atoms with van der Waals surface area (Å²) in [5, 5.41) is 4.69. The second-order valence-electron chi connectivity index (χ2n) is 8.05. The Balaban J connectivity index is 1.36. The van der Waals surface area contributed by atoms with Gasteiger partial charge in [0, 0.05) is 48.5 Å². The number of nitrogens with two attached hydrogens (primary N) is 1. The molecule has 0 aliphatic carbocycles. The summed E-state index contributed by atoms with van der Waals surface area (Å²) in [6.07, 6.45) is 4.81. The van der Waals surface area contributed by atoms with Crippen LogP contribution < -0.4 is 11.1 Å². The van der Waals surface area contributed by atoms with Gasteiger partial charge in [-0.2, -0.15) is 4.98 Å². The molecule has 4 aromatic rings. The van der Waals surface area contributed by atoms with Crippen molar-refractivity contribution in [2.45, 2.75) is 6.42 Å². The van der Waals surface area contributed by atoms with Crippen molar-refractivity contribution in [1.29, 1.82) is 0 Å². The number of rotatable bonds is 7. The van der Waals surface area contributed by atoms with Crippen LogP contribution in [0.25, 0.3) is 33.2 Å². The maximum absolute atomic E-state index is 5.91. The summed E-state index contributed by atoms with van der Waals surface area (Å²) < 4.78 is 5.42. The topological polar surface area (TPSA) is 92.1 Å². The average Bonchev–Trinajstić information content (AvgIpc) is 3.32. The van der Waals surface area contributed by atoms with E-state index in [0.29, 0.717) is 0 Å². The molecule has 1 aliphatic rings. The normalized spacial score (nSPS) is 14.6. The van der Waals surface area contributed by atoms with Gasteiger partial charge in [0.15, 0.2) is 0 Å². The number of ether oxygens (including phenoxy) is 1. The Morgan fingerprint density at radius 1 is 1.03 bits per heavy atom. The third kappa shape index (κ3) is 4.44. The van der Waals surface area contributed by atoms with E-state index < -0.39 is 0 Å². The van der Waals surface area contributed by atoms with Crippen LogP contribution in [-0.2, 0) is 4.74 Å². The fourth-order valence-corrected chi connectivity index (χ4v) is 4.27. The van der Waals surface area contributed by atoms with Gasteiger partial charge in [-0.15, -0.1) is 0 Å². The van der Waals surface area contributed by atoms with E-state index in [4.69, 9.17) is 10.5 Å². The first-order valence-electron chi connectivity index (χ1n) is 11.1. The summed E-state index contributed by atoms with van der Waals surface area (Å²) in [6.45, 7) is 5.53. The van der Waals surface area contributed by atoms with Crippen LogP contribution in [0.1, 0.15) is 6.42 Å². The molecule has 0 unspecified atom stereocenters. The smallest absolute Gasteiger partial charge is 0.221 e. The second-order valence-corrected chi connectivity index (χ2v) is 8.05. The van der Waals surface area contributed by atoms with Crippen molar-refractivity contribution in [2.75, 3.05) is 50.4 Å². The highest BCUT2D eigenvalue weighted by Gasteiger charge is 2.12. The van der Waals surface area contributed by atoms with Gasteiger partial charge in [-0.25, -0.2) is 4.98 Å². The standard InChI is InChI=1S/C25H28N6O/c26-25-29-17-22(24(30-25)28-9-3-11-31-12-14-32-15-13-31)19-5-1-4-18(16-19)20-6-2-7-23-21(20)8-10-27-23/h1-2,4-8,10,16-17,27H,3,9,11-15H2,(H3,26,28,29,30). The number of H-pyrrole nitrogens is 1. The monoisotopic (exact) mass is 428 g/mol. The van der Waals surface area contributed by atoms with Gasteiger partial charge in [-0.1, -0.05) is 30.3 Å². The van der Waals surface area contributed by atoms with Gasteiger partial charge in [0.05, 0.1) is 13.2 Å². The fraction of sp³-hybridized carbons (Fsp3) is 0.280. The van der Waals surface area contributed by atoms with Gasteiger partial charge >= 0.3 is 0 Å². The molecule has 4 N–H and O–H groups in total.